The van der Waals surface area contributed by atoms with Crippen molar-refractivity contribution in [2.24, 2.45) is 0 Å². The molecule has 0 saturated carbocycles. The lowest BCUT2D eigenvalue weighted by Gasteiger charge is -2.34. The monoisotopic (exact) mass is 320 g/mol. The van der Waals surface area contributed by atoms with Gasteiger partial charge in [-0.05, 0) is 26.0 Å². The Bertz CT molecular complexity index is 722. The van der Waals surface area contributed by atoms with Gasteiger partial charge in [-0.15, -0.1) is 0 Å². The number of sulfone groups is 1. The average molecular weight is 320 g/mol. The largest absolute Gasteiger partial charge is 0.444 e. The minimum atomic E-state index is -2.99. The van der Waals surface area contributed by atoms with E-state index in [2.05, 4.69) is 9.88 Å². The molecule has 0 aliphatic carbocycles. The average Bonchev–Trinajstić information content (AvgIpc) is 2.95. The molecule has 0 spiro atoms. The maximum absolute atomic E-state index is 12.0. The van der Waals surface area contributed by atoms with Gasteiger partial charge in [0, 0.05) is 25.2 Å². The van der Waals surface area contributed by atoms with Crippen LogP contribution in [-0.4, -0.2) is 41.9 Å². The summed E-state index contributed by atoms with van der Waals surface area (Å²) in [6.45, 7) is 5.24. The molecule has 6 heteroatoms. The van der Waals surface area contributed by atoms with Crippen molar-refractivity contribution in [3.8, 4) is 11.5 Å². The van der Waals surface area contributed by atoms with Crippen LogP contribution in [0.4, 0.5) is 0 Å². The highest BCUT2D eigenvalue weighted by Crippen LogP contribution is 2.22. The third-order valence-electron chi connectivity index (χ3n) is 4.11. The van der Waals surface area contributed by atoms with Crippen molar-refractivity contribution < 1.29 is 12.8 Å². The number of nitrogens with zero attached hydrogens (tertiary/aromatic N) is 2. The predicted octanol–water partition coefficient (Wildman–Crippen LogP) is 2.35. The number of hydrogen-bond donors (Lipinski definition) is 0. The minimum absolute atomic E-state index is 0.336. The van der Waals surface area contributed by atoms with Gasteiger partial charge in [-0.1, -0.05) is 18.2 Å². The number of rotatable bonds is 3. The smallest absolute Gasteiger partial charge is 0.226 e. The van der Waals surface area contributed by atoms with Gasteiger partial charge in [-0.2, -0.15) is 0 Å². The van der Waals surface area contributed by atoms with Crippen LogP contribution >= 0.6 is 0 Å². The first-order valence-electron chi connectivity index (χ1n) is 7.41. The summed E-state index contributed by atoms with van der Waals surface area (Å²) < 4.78 is 29.6. The summed E-state index contributed by atoms with van der Waals surface area (Å²) in [5, 5.41) is -0.673. The van der Waals surface area contributed by atoms with E-state index in [9.17, 15) is 8.42 Å². The molecule has 2 unspecified atom stereocenters. The molecule has 1 fully saturated rings. The molecule has 22 heavy (non-hydrogen) atoms. The molecule has 0 bridgehead atoms. The zero-order valence-electron chi connectivity index (χ0n) is 12.8. The lowest BCUT2D eigenvalue weighted by atomic mass is 10.2. The molecule has 1 aromatic carbocycles. The highest BCUT2D eigenvalue weighted by molar-refractivity contribution is 7.92. The molecule has 2 atom stereocenters. The SMILES string of the molecule is CC1CN(Cc2coc(-c3ccccc3)n2)CC(C)S1(=O)=O. The van der Waals surface area contributed by atoms with Gasteiger partial charge < -0.3 is 4.42 Å². The van der Waals surface area contributed by atoms with Crippen molar-refractivity contribution in [1.29, 1.82) is 0 Å². The second-order valence-corrected chi connectivity index (χ2v) is 8.70. The van der Waals surface area contributed by atoms with E-state index in [0.29, 0.717) is 25.5 Å². The fourth-order valence-corrected chi connectivity index (χ4v) is 4.49. The van der Waals surface area contributed by atoms with Crippen LogP contribution < -0.4 is 0 Å². The van der Waals surface area contributed by atoms with Gasteiger partial charge in [-0.25, -0.2) is 13.4 Å². The van der Waals surface area contributed by atoms with Crippen LogP contribution in [0.25, 0.3) is 11.5 Å². The molecule has 1 aliphatic rings. The van der Waals surface area contributed by atoms with E-state index in [-0.39, 0.29) is 10.5 Å². The first-order valence-corrected chi connectivity index (χ1v) is 9.02. The molecule has 2 aromatic rings. The maximum atomic E-state index is 12.0. The van der Waals surface area contributed by atoms with Gasteiger partial charge in [0.2, 0.25) is 5.89 Å². The molecule has 118 valence electrons. The summed E-state index contributed by atoms with van der Waals surface area (Å²) in [5.74, 6) is 0.598. The van der Waals surface area contributed by atoms with Crippen molar-refractivity contribution in [3.05, 3.63) is 42.3 Å². The first-order chi connectivity index (χ1) is 10.5. The van der Waals surface area contributed by atoms with E-state index < -0.39 is 9.84 Å². The summed E-state index contributed by atoms with van der Waals surface area (Å²) in [5.41, 5.74) is 1.77. The van der Waals surface area contributed by atoms with E-state index in [1.807, 2.05) is 30.3 Å². The van der Waals surface area contributed by atoms with Crippen molar-refractivity contribution in [2.45, 2.75) is 30.9 Å². The Morgan fingerprint density at radius 2 is 1.82 bits per heavy atom. The van der Waals surface area contributed by atoms with Gasteiger partial charge >= 0.3 is 0 Å². The van der Waals surface area contributed by atoms with Gasteiger partial charge in [0.05, 0.1) is 16.2 Å². The zero-order chi connectivity index (χ0) is 15.7. The first kappa shape index (κ1) is 15.2. The molecule has 1 aliphatic heterocycles. The molecule has 0 N–H and O–H groups in total. The molecule has 5 nitrogen and oxygen atoms in total. The predicted molar refractivity (Wildman–Crippen MR) is 85.1 cm³/mol. The molecule has 0 amide bonds. The minimum Gasteiger partial charge on any atom is -0.444 e. The highest BCUT2D eigenvalue weighted by atomic mass is 32.2. The Labute approximate surface area is 130 Å². The normalized spacial score (nSPS) is 25.2. The quantitative estimate of drug-likeness (QED) is 0.868. The van der Waals surface area contributed by atoms with Crippen LogP contribution in [0.3, 0.4) is 0 Å². The topological polar surface area (TPSA) is 63.4 Å². The summed E-state index contributed by atoms with van der Waals surface area (Å²) in [6, 6.07) is 9.74. The molecule has 2 heterocycles. The third-order valence-corrected chi connectivity index (χ3v) is 6.65. The molecular formula is C16H20N2O3S. The Hall–Kier alpha value is -1.66. The number of benzene rings is 1. The number of oxazole rings is 1. The Morgan fingerprint density at radius 1 is 1.18 bits per heavy atom. The van der Waals surface area contributed by atoms with Gasteiger partial charge in [0.1, 0.15) is 6.26 Å². The van der Waals surface area contributed by atoms with E-state index in [0.717, 1.165) is 11.3 Å². The summed E-state index contributed by atoms with van der Waals surface area (Å²) in [7, 11) is -2.99. The highest BCUT2D eigenvalue weighted by Gasteiger charge is 2.35. The van der Waals surface area contributed by atoms with Crippen LogP contribution in [0.5, 0.6) is 0 Å². The van der Waals surface area contributed by atoms with Crippen LogP contribution in [-0.2, 0) is 16.4 Å². The van der Waals surface area contributed by atoms with Crippen LogP contribution in [0, 0.1) is 0 Å². The van der Waals surface area contributed by atoms with Crippen molar-refractivity contribution in [2.75, 3.05) is 13.1 Å². The van der Waals surface area contributed by atoms with Crippen LogP contribution in [0.1, 0.15) is 19.5 Å². The van der Waals surface area contributed by atoms with Gasteiger partial charge in [0.15, 0.2) is 9.84 Å². The molecule has 1 saturated heterocycles. The Balaban J connectivity index is 1.71. The van der Waals surface area contributed by atoms with Crippen molar-refractivity contribution in [1.82, 2.24) is 9.88 Å². The second kappa shape index (κ2) is 5.85. The van der Waals surface area contributed by atoms with E-state index >= 15 is 0 Å². The summed E-state index contributed by atoms with van der Waals surface area (Å²) in [6.07, 6.45) is 1.65. The van der Waals surface area contributed by atoms with Crippen molar-refractivity contribution in [3.63, 3.8) is 0 Å². The molecular weight excluding hydrogens is 300 g/mol. The lowest BCUT2D eigenvalue weighted by molar-refractivity contribution is 0.250. The lowest BCUT2D eigenvalue weighted by Crippen LogP contribution is -2.49. The van der Waals surface area contributed by atoms with E-state index in [1.54, 1.807) is 20.1 Å². The van der Waals surface area contributed by atoms with E-state index in [4.69, 9.17) is 4.42 Å². The molecule has 1 aromatic heterocycles. The fraction of sp³-hybridized carbons (Fsp3) is 0.438. The van der Waals surface area contributed by atoms with Crippen LogP contribution in [0.2, 0.25) is 0 Å². The molecule has 0 radical (unpaired) electrons. The number of hydrogen-bond acceptors (Lipinski definition) is 5. The standard InChI is InChI=1S/C16H20N2O3S/c1-12-8-18(9-13(2)22(12,19)20)10-15-11-21-16(17-15)14-6-4-3-5-7-14/h3-7,11-13H,8-10H2,1-2H3. The fourth-order valence-electron chi connectivity index (χ4n) is 2.86. The zero-order valence-corrected chi connectivity index (χ0v) is 13.6. The van der Waals surface area contributed by atoms with E-state index in [1.165, 1.54) is 0 Å². The van der Waals surface area contributed by atoms with Crippen molar-refractivity contribution >= 4 is 9.84 Å². The Morgan fingerprint density at radius 3 is 2.45 bits per heavy atom. The third kappa shape index (κ3) is 2.94. The van der Waals surface area contributed by atoms with Gasteiger partial charge in [0.25, 0.3) is 0 Å². The Kier molecular flexibility index (Phi) is 4.06. The second-order valence-electron chi connectivity index (χ2n) is 5.91. The van der Waals surface area contributed by atoms with Crippen LogP contribution in [0.15, 0.2) is 41.0 Å². The summed E-state index contributed by atoms with van der Waals surface area (Å²) in [4.78, 5) is 6.63. The molecule has 3 rings (SSSR count). The summed E-state index contributed by atoms with van der Waals surface area (Å²) >= 11 is 0. The number of aromatic nitrogens is 1. The van der Waals surface area contributed by atoms with Gasteiger partial charge in [-0.3, -0.25) is 4.90 Å². The maximum Gasteiger partial charge on any atom is 0.226 e.